The average molecular weight is 1630 g/mol. The van der Waals surface area contributed by atoms with E-state index < -0.39 is 78.1 Å². The lowest BCUT2D eigenvalue weighted by Crippen LogP contribution is -2.61. The Morgan fingerprint density at radius 3 is 2.21 bits per heavy atom. The molecule has 5 aromatic rings. The smallest absolute Gasteiger partial charge is 0.329 e. The van der Waals surface area contributed by atoms with Gasteiger partial charge in [-0.05, 0) is 132 Å². The van der Waals surface area contributed by atoms with Crippen LogP contribution in [-0.2, 0) is 95.8 Å². The topological polar surface area (TPSA) is 372 Å². The number of aliphatic hydroxyl groups excluding tert-OH is 2. The van der Waals surface area contributed by atoms with E-state index in [-0.39, 0.29) is 79.7 Å². The number of oxazole rings is 1. The van der Waals surface area contributed by atoms with Crippen LogP contribution in [0.4, 0.5) is 5.82 Å². The van der Waals surface area contributed by atoms with Gasteiger partial charge in [-0.2, -0.15) is 5.10 Å². The molecule has 1 amide bonds. The van der Waals surface area contributed by atoms with Crippen LogP contribution in [-0.4, -0.2) is 263 Å². The molecule has 32 heteroatoms. The minimum atomic E-state index is -2.46. The quantitative estimate of drug-likeness (QED) is 0.00741. The number of esters is 1. The maximum atomic E-state index is 14.9. The van der Waals surface area contributed by atoms with Gasteiger partial charge in [0, 0.05) is 107 Å². The van der Waals surface area contributed by atoms with Gasteiger partial charge in [-0.25, -0.2) is 29.1 Å². The summed E-state index contributed by atoms with van der Waals surface area (Å²) in [6, 6.07) is 4.42. The van der Waals surface area contributed by atoms with Gasteiger partial charge in [0.25, 0.3) is 11.7 Å². The van der Waals surface area contributed by atoms with E-state index in [9.17, 15) is 34.5 Å². The second-order valence-electron chi connectivity index (χ2n) is 32.1. The van der Waals surface area contributed by atoms with Gasteiger partial charge in [0.2, 0.25) is 23.8 Å². The Morgan fingerprint density at radius 2 is 1.49 bits per heavy atom. The number of amides is 1. The Morgan fingerprint density at radius 1 is 0.769 bits per heavy atom. The highest BCUT2D eigenvalue weighted by atomic mass is 16.7. The molecule has 2 saturated heterocycles. The van der Waals surface area contributed by atoms with Crippen molar-refractivity contribution in [3.8, 4) is 11.3 Å². The molecule has 5 aliphatic rings. The summed E-state index contributed by atoms with van der Waals surface area (Å²) in [6.07, 6.45) is 16.9. The highest BCUT2D eigenvalue weighted by Crippen LogP contribution is 2.40. The molecular formula is C85H125BN11O20+. The van der Waals surface area contributed by atoms with E-state index in [1.807, 2.05) is 81.1 Å². The van der Waals surface area contributed by atoms with E-state index in [1.54, 1.807) is 50.8 Å². The van der Waals surface area contributed by atoms with E-state index in [0.717, 1.165) is 42.5 Å². The molecular weight excluding hydrogens is 1510 g/mol. The van der Waals surface area contributed by atoms with E-state index >= 15 is 0 Å². The molecule has 10 rings (SSSR count). The number of Topliss-reactive ketones (excluding diaryl/α,β-unsaturated/α-hetero) is 2. The summed E-state index contributed by atoms with van der Waals surface area (Å²) >= 11 is 0. The van der Waals surface area contributed by atoms with Gasteiger partial charge in [0.15, 0.2) is 25.2 Å². The summed E-state index contributed by atoms with van der Waals surface area (Å²) in [6.45, 7) is 18.6. The zero-order valence-corrected chi connectivity index (χ0v) is 70.3. The van der Waals surface area contributed by atoms with Gasteiger partial charge < -0.3 is 82.5 Å². The number of carbonyl (C=O) groups excluding carboxylic acids is 4. The molecule has 8 heterocycles. The molecule has 642 valence electrons. The number of hydroxylamine groups is 1. The fourth-order valence-corrected chi connectivity index (χ4v) is 16.8. The molecule has 0 spiro atoms. The Bertz CT molecular complexity index is 4200. The predicted octanol–water partition coefficient (Wildman–Crippen LogP) is 8.20. The van der Waals surface area contributed by atoms with Crippen LogP contribution < -0.4 is 11.5 Å². The zero-order valence-electron chi connectivity index (χ0n) is 70.3. The second-order valence-corrected chi connectivity index (χ2v) is 32.1. The van der Waals surface area contributed by atoms with Gasteiger partial charge in [-0.3, -0.25) is 19.2 Å². The van der Waals surface area contributed by atoms with Crippen molar-refractivity contribution in [3.05, 3.63) is 83.6 Å². The van der Waals surface area contributed by atoms with Crippen molar-refractivity contribution in [2.45, 2.75) is 238 Å². The summed E-state index contributed by atoms with van der Waals surface area (Å²) in [5.74, 6) is -5.98. The van der Waals surface area contributed by atoms with Gasteiger partial charge >= 0.3 is 5.97 Å². The normalized spacial score (nSPS) is 29.0. The molecule has 16 atom stereocenters. The number of piperidine rings is 1. The monoisotopic (exact) mass is 1630 g/mol. The van der Waals surface area contributed by atoms with Crippen LogP contribution in [0.15, 0.2) is 82.4 Å². The fourth-order valence-electron chi connectivity index (χ4n) is 16.8. The summed E-state index contributed by atoms with van der Waals surface area (Å²) in [5.41, 5.74) is 13.1. The number of rotatable bonds is 35. The third-order valence-corrected chi connectivity index (χ3v) is 23.6. The first kappa shape index (κ1) is 91.7. The van der Waals surface area contributed by atoms with Crippen LogP contribution in [0.5, 0.6) is 0 Å². The lowest BCUT2D eigenvalue weighted by atomic mass is 9.78. The number of ether oxygens (including phenoxy) is 11. The van der Waals surface area contributed by atoms with Gasteiger partial charge in [0.05, 0.1) is 115 Å². The number of allylic oxidation sites excluding steroid dienone is 5. The van der Waals surface area contributed by atoms with Crippen LogP contribution in [0.1, 0.15) is 163 Å². The predicted molar refractivity (Wildman–Crippen MR) is 435 cm³/mol. The van der Waals surface area contributed by atoms with E-state index in [4.69, 9.17) is 80.0 Å². The molecule has 4 bridgehead atoms. The molecule has 2 radical (unpaired) electrons. The molecule has 4 aromatic heterocycles. The van der Waals surface area contributed by atoms with Crippen LogP contribution in [0, 0.1) is 35.5 Å². The molecule has 1 saturated carbocycles. The molecule has 1 aliphatic carbocycles. The molecule has 1 aromatic carbocycles. The second kappa shape index (κ2) is 45.2. The Hall–Kier alpha value is -7.57. The van der Waals surface area contributed by atoms with Gasteiger partial charge in [-0.15, -0.1) is 5.10 Å². The number of fused-ring (bicyclic) bond motifs is 6. The number of unbranched alkanes of at least 4 members (excludes halogenated alkanes) is 2. The molecule has 1 unspecified atom stereocenters. The number of aromatic nitrogens is 8. The fraction of sp³-hybridized carbons (Fsp3) is 0.682. The molecule has 5 N–H and O–H groups in total. The van der Waals surface area contributed by atoms with Crippen molar-refractivity contribution in [1.29, 1.82) is 0 Å². The summed E-state index contributed by atoms with van der Waals surface area (Å²) < 4.78 is 76.7. The lowest BCUT2D eigenvalue weighted by molar-refractivity contribution is -0.767. The number of cyclic esters (lactones) is 1. The number of hydrogen-bond donors (Lipinski definition) is 4. The standard InChI is InChI=1S/C85H125BN11O20/c1-53-19-14-15-21-66-54(2)43-57(5)76(78(108-11)77(100)58(6)44-55(3)71(106-9)49-72(56(4)45-60-24-27-68(99)73(46-60)107-10)115-83(103)67-22-16-18-30-95(67)82(102)79(101)85(104)59(7)23-26-64(117-85)48-70(53)105-8)97(66)114-51-62-50-94(93-91-62)32-34-110-36-38-112-40-42-113-41-39-111-37-35-109-33-29-63(98)20-13-12-17-31-96-81-74(80(87)88-52-89-81)75(92-96)61-25-28-69-65(47-61)90-84(86)116-69/h14-15,19,21,25,28,44,47,50,52,54-57,59-60,64,67-68,70-73,77-78,99-100,104H,12-13,16-18,20,22-24,26-27,29-43,45-46,48-49,51H2,1-11H3,(H2,87,88,89)/q+1/b15-14+,53-19+,58-44+,66-21-/t54-,55+,56+,57+,59+,60-,64-,67-,68+,70-,71+,72?,73+,77+,78-,85+/m0/s1. The van der Waals surface area contributed by atoms with E-state index in [2.05, 4.69) is 39.1 Å². The highest BCUT2D eigenvalue weighted by Gasteiger charge is 2.54. The molecule has 4 aliphatic heterocycles. The number of aryl methyl sites for hydroxylation is 1. The van der Waals surface area contributed by atoms with Crippen LogP contribution in [0.3, 0.4) is 0 Å². The highest BCUT2D eigenvalue weighted by molar-refractivity contribution is 6.39. The number of aliphatic hydroxyl groups is 3. The van der Waals surface area contributed by atoms with Crippen LogP contribution in [0.25, 0.3) is 33.4 Å². The molecule has 3 fully saturated rings. The van der Waals surface area contributed by atoms with E-state index in [0.29, 0.717) is 194 Å². The summed E-state index contributed by atoms with van der Waals surface area (Å²) in [4.78, 5) is 77.7. The first-order chi connectivity index (χ1) is 56.4. The van der Waals surface area contributed by atoms with Crippen molar-refractivity contribution in [3.63, 3.8) is 0 Å². The Balaban J connectivity index is 0.691. The Labute approximate surface area is 688 Å². The number of ketones is 2. The minimum Gasteiger partial charge on any atom is -0.460 e. The van der Waals surface area contributed by atoms with Crippen LogP contribution >= 0.6 is 0 Å². The lowest BCUT2D eigenvalue weighted by Gasteiger charge is -2.43. The zero-order chi connectivity index (χ0) is 83.7. The number of benzene rings is 1. The average Bonchev–Trinajstić information content (AvgIpc) is 1.71. The number of nitrogens with zero attached hydrogens (tertiary/aromatic N) is 10. The summed E-state index contributed by atoms with van der Waals surface area (Å²) in [5, 5.41) is 50.0. The van der Waals surface area contributed by atoms with Gasteiger partial charge in [-0.1, -0.05) is 70.6 Å². The van der Waals surface area contributed by atoms with Crippen molar-refractivity contribution in [1.82, 2.24) is 44.6 Å². The minimum absolute atomic E-state index is 0.0140. The van der Waals surface area contributed by atoms with Crippen LogP contribution in [0.2, 0.25) is 0 Å². The van der Waals surface area contributed by atoms with Crippen molar-refractivity contribution >= 4 is 70.7 Å². The largest absolute Gasteiger partial charge is 0.460 e. The first-order valence-electron chi connectivity index (χ1n) is 41.8. The van der Waals surface area contributed by atoms with Gasteiger partial charge in [0.1, 0.15) is 58.9 Å². The third-order valence-electron chi connectivity index (χ3n) is 23.6. The Kier molecular flexibility index (Phi) is 35.4. The molecule has 117 heavy (non-hydrogen) atoms. The molecule has 31 nitrogen and oxygen atoms in total. The number of carbonyl (C=O) groups is 4. The number of nitrogens with two attached hydrogens (primary N) is 1. The first-order valence-corrected chi connectivity index (χ1v) is 41.8. The van der Waals surface area contributed by atoms with Crippen molar-refractivity contribution < 1.29 is 101 Å². The van der Waals surface area contributed by atoms with E-state index in [1.165, 1.54) is 11.2 Å². The number of nitrogen functional groups attached to an aromatic ring is 1. The maximum Gasteiger partial charge on any atom is 0.329 e. The van der Waals surface area contributed by atoms with Crippen molar-refractivity contribution in [2.24, 2.45) is 35.5 Å². The summed E-state index contributed by atoms with van der Waals surface area (Å²) in [7, 11) is 12.1. The number of methoxy groups -OCH3 is 4. The SMILES string of the molecule is [B]c1nc2cc(-c3nn(CCCCCC(=O)CCOCCOCCOCCOCCOCCn4cc(CO[N+]5=C6[C@H](C)C[C@H](C)/C5=C/C=C/C=C(\C)[C@@H](OC)C[C@@H]5CC[C@@H](C)[C@@](O)(O5)C(=O)C(=O)N5CCCC[C@H]5C(=O)OC([C@H](C)C[C@@H]5CC[C@@H](O)[C@H](OC)C5)C[C@@H](OC)[C@H](C)/C=C(\C)[C@@H](O)[C@H]6OC)nn4)c4ncnc(N)c34)ccc2o1. The van der Waals surface area contributed by atoms with Crippen molar-refractivity contribution in [2.75, 3.05) is 107 Å². The number of anilines is 1. The number of hydrogen-bond acceptors (Lipinski definition) is 27. The maximum absolute atomic E-state index is 14.9. The third kappa shape index (κ3) is 24.8.